The lowest BCUT2D eigenvalue weighted by Gasteiger charge is -2.28. The predicted molar refractivity (Wildman–Crippen MR) is 92.8 cm³/mol. The molecule has 4 nitrogen and oxygen atoms in total. The largest absolute Gasteiger partial charge is 0.337 e. The number of hydrogen-bond acceptors (Lipinski definition) is 2. The second kappa shape index (κ2) is 6.54. The van der Waals surface area contributed by atoms with E-state index >= 15 is 0 Å². The molecule has 1 aromatic rings. The van der Waals surface area contributed by atoms with Gasteiger partial charge in [-0.3, -0.25) is 9.59 Å². The lowest BCUT2D eigenvalue weighted by molar-refractivity contribution is -0.135. The van der Waals surface area contributed by atoms with Crippen LogP contribution in [0.25, 0.3) is 0 Å². The van der Waals surface area contributed by atoms with Gasteiger partial charge in [-0.05, 0) is 34.5 Å². The van der Waals surface area contributed by atoms with E-state index in [-0.39, 0.29) is 24.2 Å². The van der Waals surface area contributed by atoms with Crippen molar-refractivity contribution in [3.8, 4) is 0 Å². The van der Waals surface area contributed by atoms with Crippen LogP contribution in [0, 0.1) is 5.92 Å². The topological polar surface area (TPSA) is 40.6 Å². The fourth-order valence-corrected chi connectivity index (χ4v) is 3.96. The molecule has 0 spiro atoms. The molecule has 6 heteroatoms. The average Bonchev–Trinajstić information content (AvgIpc) is 2.89. The first-order valence-corrected chi connectivity index (χ1v) is 8.83. The minimum Gasteiger partial charge on any atom is -0.337 e. The molecular formula is C16H16Br2N2O2. The summed E-state index contributed by atoms with van der Waals surface area (Å²) in [4.78, 5) is 28.5. The highest BCUT2D eigenvalue weighted by Gasteiger charge is 2.38. The molecule has 2 amide bonds. The summed E-state index contributed by atoms with van der Waals surface area (Å²) in [5.74, 6) is -0.164. The Kier molecular flexibility index (Phi) is 4.68. The Hall–Kier alpha value is -1.14. The molecule has 1 fully saturated rings. The fourth-order valence-electron chi connectivity index (χ4n) is 2.93. The SMILES string of the molecule is O=C(C1CC(=O)N(c2ccccc2Br)C1)N1CCC=C(Br)C1. The van der Waals surface area contributed by atoms with E-state index in [4.69, 9.17) is 0 Å². The van der Waals surface area contributed by atoms with Gasteiger partial charge in [0.15, 0.2) is 0 Å². The monoisotopic (exact) mass is 426 g/mol. The van der Waals surface area contributed by atoms with E-state index in [1.807, 2.05) is 29.2 Å². The second-order valence-corrected chi connectivity index (χ2v) is 7.43. The van der Waals surface area contributed by atoms with Gasteiger partial charge in [-0.25, -0.2) is 0 Å². The van der Waals surface area contributed by atoms with Crippen LogP contribution in [0.15, 0.2) is 39.3 Å². The summed E-state index contributed by atoms with van der Waals surface area (Å²) in [6, 6.07) is 7.61. The molecular weight excluding hydrogens is 412 g/mol. The quantitative estimate of drug-likeness (QED) is 0.726. The summed E-state index contributed by atoms with van der Waals surface area (Å²) >= 11 is 6.93. The van der Waals surface area contributed by atoms with Gasteiger partial charge in [0.2, 0.25) is 11.8 Å². The smallest absolute Gasteiger partial charge is 0.228 e. The first kappa shape index (κ1) is 15.7. The number of benzene rings is 1. The Morgan fingerprint density at radius 1 is 1.23 bits per heavy atom. The van der Waals surface area contributed by atoms with Gasteiger partial charge in [0, 0.05) is 28.5 Å². The minimum atomic E-state index is -0.252. The van der Waals surface area contributed by atoms with Crippen LogP contribution in [0.2, 0.25) is 0 Å². The van der Waals surface area contributed by atoms with Crippen LogP contribution >= 0.6 is 31.9 Å². The summed E-state index contributed by atoms with van der Waals surface area (Å²) in [6.45, 7) is 1.80. The van der Waals surface area contributed by atoms with Crippen molar-refractivity contribution in [3.05, 3.63) is 39.3 Å². The zero-order chi connectivity index (χ0) is 15.7. The van der Waals surface area contributed by atoms with Gasteiger partial charge < -0.3 is 9.80 Å². The molecule has 0 N–H and O–H groups in total. The van der Waals surface area contributed by atoms with Gasteiger partial charge in [-0.2, -0.15) is 0 Å². The Labute approximate surface area is 146 Å². The lowest BCUT2D eigenvalue weighted by atomic mass is 10.1. The molecule has 3 rings (SSSR count). The highest BCUT2D eigenvalue weighted by Crippen LogP contribution is 2.32. The van der Waals surface area contributed by atoms with E-state index in [2.05, 4.69) is 37.9 Å². The molecule has 0 aliphatic carbocycles. The standard InChI is InChI=1S/C16H16Br2N2O2/c17-12-4-3-7-19(10-12)16(22)11-8-15(21)20(9-11)14-6-2-1-5-13(14)18/h1-2,4-6,11H,3,7-10H2. The maximum atomic E-state index is 12.6. The van der Waals surface area contributed by atoms with Crippen molar-refractivity contribution >= 4 is 49.4 Å². The Morgan fingerprint density at radius 3 is 2.73 bits per heavy atom. The van der Waals surface area contributed by atoms with E-state index in [9.17, 15) is 9.59 Å². The van der Waals surface area contributed by atoms with Crippen LogP contribution < -0.4 is 4.90 Å². The Morgan fingerprint density at radius 2 is 2.00 bits per heavy atom. The molecule has 2 aliphatic rings. The van der Waals surface area contributed by atoms with Crippen molar-refractivity contribution < 1.29 is 9.59 Å². The minimum absolute atomic E-state index is 0.0110. The first-order chi connectivity index (χ1) is 10.6. The molecule has 1 unspecified atom stereocenters. The van der Waals surface area contributed by atoms with E-state index < -0.39 is 0 Å². The van der Waals surface area contributed by atoms with Gasteiger partial charge in [0.05, 0.1) is 18.2 Å². The number of carbonyl (C=O) groups excluding carboxylic acids is 2. The molecule has 2 heterocycles. The fraction of sp³-hybridized carbons (Fsp3) is 0.375. The number of halogens is 2. The molecule has 0 bridgehead atoms. The molecule has 1 atom stereocenters. The molecule has 116 valence electrons. The van der Waals surface area contributed by atoms with Crippen LogP contribution in [0.3, 0.4) is 0 Å². The molecule has 0 radical (unpaired) electrons. The summed E-state index contributed by atoms with van der Waals surface area (Å²) < 4.78 is 1.92. The van der Waals surface area contributed by atoms with Crippen molar-refractivity contribution in [2.45, 2.75) is 12.8 Å². The van der Waals surface area contributed by atoms with Crippen molar-refractivity contribution in [2.75, 3.05) is 24.5 Å². The summed E-state index contributed by atoms with van der Waals surface area (Å²) in [5, 5.41) is 0. The van der Waals surface area contributed by atoms with Crippen LogP contribution in [0.5, 0.6) is 0 Å². The number of para-hydroxylation sites is 1. The third-order valence-corrected chi connectivity index (χ3v) is 5.28. The van der Waals surface area contributed by atoms with Crippen molar-refractivity contribution in [3.63, 3.8) is 0 Å². The average molecular weight is 428 g/mol. The van der Waals surface area contributed by atoms with Crippen LogP contribution in [-0.4, -0.2) is 36.3 Å². The normalized spacial score (nSPS) is 22.0. The first-order valence-electron chi connectivity index (χ1n) is 7.24. The predicted octanol–water partition coefficient (Wildman–Crippen LogP) is 3.31. The molecule has 1 aromatic carbocycles. The van der Waals surface area contributed by atoms with Crippen molar-refractivity contribution in [1.82, 2.24) is 4.90 Å². The van der Waals surface area contributed by atoms with E-state index in [1.54, 1.807) is 4.90 Å². The number of anilines is 1. The number of nitrogens with zero attached hydrogens (tertiary/aromatic N) is 2. The highest BCUT2D eigenvalue weighted by molar-refractivity contribution is 9.11. The maximum Gasteiger partial charge on any atom is 0.228 e. The van der Waals surface area contributed by atoms with Crippen LogP contribution in [0.1, 0.15) is 12.8 Å². The Bertz CT molecular complexity index is 645. The number of amides is 2. The molecule has 22 heavy (non-hydrogen) atoms. The summed E-state index contributed by atoms with van der Waals surface area (Å²) in [7, 11) is 0. The summed E-state index contributed by atoms with van der Waals surface area (Å²) in [6.07, 6.45) is 3.25. The Balaban J connectivity index is 1.73. The van der Waals surface area contributed by atoms with E-state index in [0.717, 1.165) is 27.6 Å². The van der Waals surface area contributed by atoms with Crippen molar-refractivity contribution in [1.29, 1.82) is 0 Å². The molecule has 0 aromatic heterocycles. The maximum absolute atomic E-state index is 12.6. The number of hydrogen-bond donors (Lipinski definition) is 0. The molecule has 2 aliphatic heterocycles. The van der Waals surface area contributed by atoms with Crippen molar-refractivity contribution in [2.24, 2.45) is 5.92 Å². The number of carbonyl (C=O) groups is 2. The zero-order valence-electron chi connectivity index (χ0n) is 12.0. The number of rotatable bonds is 2. The van der Waals surface area contributed by atoms with E-state index in [1.165, 1.54) is 0 Å². The zero-order valence-corrected chi connectivity index (χ0v) is 15.1. The van der Waals surface area contributed by atoms with Gasteiger partial charge >= 0.3 is 0 Å². The third-order valence-electron chi connectivity index (χ3n) is 4.04. The lowest BCUT2D eigenvalue weighted by Crippen LogP contribution is -2.40. The second-order valence-electron chi connectivity index (χ2n) is 5.56. The molecule has 1 saturated heterocycles. The van der Waals surface area contributed by atoms with Gasteiger partial charge in [0.25, 0.3) is 0 Å². The van der Waals surface area contributed by atoms with Gasteiger partial charge in [-0.1, -0.05) is 34.1 Å². The highest BCUT2D eigenvalue weighted by atomic mass is 79.9. The molecule has 0 saturated carbocycles. The van der Waals surface area contributed by atoms with Crippen LogP contribution in [-0.2, 0) is 9.59 Å². The van der Waals surface area contributed by atoms with Gasteiger partial charge in [0.1, 0.15) is 0 Å². The summed E-state index contributed by atoms with van der Waals surface area (Å²) in [5.41, 5.74) is 0.836. The van der Waals surface area contributed by atoms with Crippen LogP contribution in [0.4, 0.5) is 5.69 Å². The third kappa shape index (κ3) is 3.13. The van der Waals surface area contributed by atoms with E-state index in [0.29, 0.717) is 13.1 Å². The van der Waals surface area contributed by atoms with Gasteiger partial charge in [-0.15, -0.1) is 0 Å².